The molecule has 6 nitrogen and oxygen atoms in total. The predicted octanol–water partition coefficient (Wildman–Crippen LogP) is 5.41. The fraction of sp³-hybridized carbons (Fsp3) is 0.318. The molecule has 0 aliphatic heterocycles. The molecule has 3 aromatic rings. The van der Waals surface area contributed by atoms with Crippen LogP contribution in [0.25, 0.3) is 16.6 Å². The lowest BCUT2D eigenvalue weighted by atomic mass is 10.0. The summed E-state index contributed by atoms with van der Waals surface area (Å²) in [4.78, 5) is 31.6. The molecule has 1 atom stereocenters. The third-order valence-electron chi connectivity index (χ3n) is 4.86. The monoisotopic (exact) mass is 431 g/mol. The van der Waals surface area contributed by atoms with Gasteiger partial charge < -0.3 is 5.11 Å². The zero-order chi connectivity index (χ0) is 22.2. The van der Waals surface area contributed by atoms with E-state index in [1.807, 2.05) is 6.92 Å². The zero-order valence-electron chi connectivity index (χ0n) is 17.2. The molecule has 0 saturated carbocycles. The van der Waals surface area contributed by atoms with E-state index in [1.54, 1.807) is 45.0 Å². The minimum atomic E-state index is -1.14. The maximum absolute atomic E-state index is 14.0. The lowest BCUT2D eigenvalue weighted by molar-refractivity contribution is 0.0646. The molecule has 158 valence electrons. The molecule has 0 bridgehead atoms. The summed E-state index contributed by atoms with van der Waals surface area (Å²) in [6.45, 7) is 7.13. The molecule has 0 aliphatic carbocycles. The van der Waals surface area contributed by atoms with Crippen LogP contribution < -0.4 is 5.56 Å². The highest BCUT2D eigenvalue weighted by Gasteiger charge is 2.36. The molecule has 3 rings (SSSR count). The van der Waals surface area contributed by atoms with Crippen LogP contribution in [0.1, 0.15) is 46.0 Å². The first-order valence-corrected chi connectivity index (χ1v) is 9.93. The molecule has 0 unspecified atom stereocenters. The number of hydrogen-bond acceptors (Lipinski definition) is 3. The van der Waals surface area contributed by atoms with Crippen molar-refractivity contribution in [2.75, 3.05) is 0 Å². The lowest BCUT2D eigenvalue weighted by Gasteiger charge is -2.39. The molecule has 0 spiro atoms. The summed E-state index contributed by atoms with van der Waals surface area (Å²) in [5, 5.41) is 10.4. The van der Waals surface area contributed by atoms with Crippen LogP contribution >= 0.6 is 11.6 Å². The van der Waals surface area contributed by atoms with E-state index in [9.17, 15) is 19.1 Å². The standard InChI is InChI=1S/C22H23ClFN3O3/c1-5-17(27(21(29)30)22(2,3)4)19-25-16-11-7-10-15(23)18(16)20(28)26(19)14-9-6-8-13(24)12-14/h6-12,17H,5H2,1-4H3,(H,29,30)/t17-/m0/s1. The normalized spacial score (nSPS) is 12.7. The Labute approximate surface area is 178 Å². The molecule has 8 heteroatoms. The first-order valence-electron chi connectivity index (χ1n) is 9.55. The Hall–Kier alpha value is -2.93. The van der Waals surface area contributed by atoms with Crippen molar-refractivity contribution in [2.45, 2.75) is 45.7 Å². The van der Waals surface area contributed by atoms with E-state index in [-0.39, 0.29) is 21.9 Å². The second-order valence-corrected chi connectivity index (χ2v) is 8.38. The highest BCUT2D eigenvalue weighted by atomic mass is 35.5. The van der Waals surface area contributed by atoms with Crippen molar-refractivity contribution >= 4 is 28.6 Å². The van der Waals surface area contributed by atoms with Crippen LogP contribution in [-0.2, 0) is 0 Å². The van der Waals surface area contributed by atoms with E-state index in [1.165, 1.54) is 27.7 Å². The molecule has 1 aromatic heterocycles. The van der Waals surface area contributed by atoms with Gasteiger partial charge in [-0.05, 0) is 57.5 Å². The maximum atomic E-state index is 14.0. The van der Waals surface area contributed by atoms with Crippen molar-refractivity contribution in [3.05, 3.63) is 69.5 Å². The van der Waals surface area contributed by atoms with E-state index in [4.69, 9.17) is 11.6 Å². The highest BCUT2D eigenvalue weighted by Crippen LogP contribution is 2.32. The number of benzene rings is 2. The molecule has 1 heterocycles. The zero-order valence-corrected chi connectivity index (χ0v) is 17.9. The van der Waals surface area contributed by atoms with Gasteiger partial charge in [-0.3, -0.25) is 14.3 Å². The van der Waals surface area contributed by atoms with E-state index >= 15 is 0 Å². The summed E-state index contributed by atoms with van der Waals surface area (Å²) in [7, 11) is 0. The smallest absolute Gasteiger partial charge is 0.408 e. The van der Waals surface area contributed by atoms with Crippen LogP contribution in [0.3, 0.4) is 0 Å². The number of amides is 1. The molecule has 2 aromatic carbocycles. The fourth-order valence-electron chi connectivity index (χ4n) is 3.66. The second-order valence-electron chi connectivity index (χ2n) is 7.97. The first-order chi connectivity index (χ1) is 14.1. The number of carboxylic acid groups (broad SMARTS) is 1. The van der Waals surface area contributed by atoms with Crippen molar-refractivity contribution in [3.8, 4) is 5.69 Å². The summed E-state index contributed by atoms with van der Waals surface area (Å²) in [6, 6.07) is 9.70. The van der Waals surface area contributed by atoms with Crippen molar-refractivity contribution in [2.24, 2.45) is 0 Å². The molecule has 0 radical (unpaired) electrons. The third-order valence-corrected chi connectivity index (χ3v) is 5.18. The number of nitrogens with zero attached hydrogens (tertiary/aromatic N) is 3. The molecular formula is C22H23ClFN3O3. The Morgan fingerprint density at radius 2 is 1.93 bits per heavy atom. The van der Waals surface area contributed by atoms with Crippen LogP contribution in [0.15, 0.2) is 47.3 Å². The van der Waals surface area contributed by atoms with Gasteiger partial charge in [-0.15, -0.1) is 0 Å². The van der Waals surface area contributed by atoms with Crippen LogP contribution in [-0.4, -0.2) is 31.2 Å². The van der Waals surface area contributed by atoms with Crippen LogP contribution in [0.4, 0.5) is 9.18 Å². The number of halogens is 2. The average Bonchev–Trinajstić information content (AvgIpc) is 2.64. The van der Waals surface area contributed by atoms with Crippen LogP contribution in [0.5, 0.6) is 0 Å². The molecule has 1 N–H and O–H groups in total. The van der Waals surface area contributed by atoms with Crippen molar-refractivity contribution in [1.82, 2.24) is 14.5 Å². The number of hydrogen-bond donors (Lipinski definition) is 1. The molecular weight excluding hydrogens is 409 g/mol. The van der Waals surface area contributed by atoms with Gasteiger partial charge in [-0.1, -0.05) is 30.7 Å². The Morgan fingerprint density at radius 3 is 2.50 bits per heavy atom. The van der Waals surface area contributed by atoms with Crippen molar-refractivity contribution in [1.29, 1.82) is 0 Å². The van der Waals surface area contributed by atoms with Gasteiger partial charge in [0.2, 0.25) is 0 Å². The van der Waals surface area contributed by atoms with Crippen molar-refractivity contribution < 1.29 is 14.3 Å². The van der Waals surface area contributed by atoms with E-state index in [0.717, 1.165) is 0 Å². The quantitative estimate of drug-likeness (QED) is 0.599. The summed E-state index contributed by atoms with van der Waals surface area (Å²) < 4.78 is 15.3. The maximum Gasteiger partial charge on any atom is 0.408 e. The van der Waals surface area contributed by atoms with E-state index < -0.39 is 29.1 Å². The van der Waals surface area contributed by atoms with Gasteiger partial charge in [0, 0.05) is 5.54 Å². The Kier molecular flexibility index (Phi) is 5.85. The minimum absolute atomic E-state index is 0.194. The summed E-state index contributed by atoms with van der Waals surface area (Å²) in [5.74, 6) is -0.316. The van der Waals surface area contributed by atoms with Gasteiger partial charge in [0.15, 0.2) is 0 Å². The van der Waals surface area contributed by atoms with Crippen LogP contribution in [0, 0.1) is 5.82 Å². The summed E-state index contributed by atoms with van der Waals surface area (Å²) in [6.07, 6.45) is -0.780. The lowest BCUT2D eigenvalue weighted by Crippen LogP contribution is -2.48. The number of carbonyl (C=O) groups is 1. The van der Waals surface area contributed by atoms with Crippen molar-refractivity contribution in [3.63, 3.8) is 0 Å². The Morgan fingerprint density at radius 1 is 1.27 bits per heavy atom. The highest BCUT2D eigenvalue weighted by molar-refractivity contribution is 6.35. The molecule has 0 fully saturated rings. The molecule has 1 amide bonds. The molecule has 0 aliphatic rings. The number of fused-ring (bicyclic) bond motifs is 1. The second kappa shape index (κ2) is 8.07. The van der Waals surface area contributed by atoms with Gasteiger partial charge in [0.05, 0.1) is 27.7 Å². The Bertz CT molecular complexity index is 1170. The fourth-order valence-corrected chi connectivity index (χ4v) is 3.91. The summed E-state index contributed by atoms with van der Waals surface area (Å²) in [5.41, 5.74) is -0.640. The van der Waals surface area contributed by atoms with E-state index in [0.29, 0.717) is 11.9 Å². The summed E-state index contributed by atoms with van der Waals surface area (Å²) >= 11 is 6.27. The average molecular weight is 432 g/mol. The number of aromatic nitrogens is 2. The topological polar surface area (TPSA) is 75.4 Å². The Balaban J connectivity index is 2.44. The minimum Gasteiger partial charge on any atom is -0.465 e. The molecule has 30 heavy (non-hydrogen) atoms. The van der Waals surface area contributed by atoms with Gasteiger partial charge in [0.1, 0.15) is 11.6 Å². The van der Waals surface area contributed by atoms with Gasteiger partial charge in [-0.25, -0.2) is 14.2 Å². The first kappa shape index (κ1) is 21.8. The van der Waals surface area contributed by atoms with Crippen LogP contribution in [0.2, 0.25) is 5.02 Å². The largest absolute Gasteiger partial charge is 0.465 e. The molecule has 0 saturated heterocycles. The van der Waals surface area contributed by atoms with E-state index in [2.05, 4.69) is 4.98 Å². The SMILES string of the molecule is CC[C@@H](c1nc2cccc(Cl)c2c(=O)n1-c1cccc(F)c1)N(C(=O)O)C(C)(C)C. The van der Waals surface area contributed by atoms with Gasteiger partial charge >= 0.3 is 6.09 Å². The third kappa shape index (κ3) is 3.89. The van der Waals surface area contributed by atoms with Gasteiger partial charge in [-0.2, -0.15) is 0 Å². The predicted molar refractivity (Wildman–Crippen MR) is 115 cm³/mol. The number of rotatable bonds is 4. The van der Waals surface area contributed by atoms with Gasteiger partial charge in [0.25, 0.3) is 5.56 Å².